The lowest BCUT2D eigenvalue weighted by Crippen LogP contribution is -2.31. The Morgan fingerprint density at radius 3 is 2.75 bits per heavy atom. The summed E-state index contributed by atoms with van der Waals surface area (Å²) in [6, 6.07) is 3.59. The Labute approximate surface area is 140 Å². The van der Waals surface area contributed by atoms with Crippen molar-refractivity contribution in [1.82, 2.24) is 4.90 Å². The van der Waals surface area contributed by atoms with Crippen molar-refractivity contribution in [3.8, 4) is 0 Å². The van der Waals surface area contributed by atoms with Gasteiger partial charge in [0.2, 0.25) is 5.91 Å². The molecule has 0 saturated carbocycles. The van der Waals surface area contributed by atoms with Crippen LogP contribution in [0.4, 0.5) is 11.4 Å². The first kappa shape index (κ1) is 15.3. The molecule has 1 saturated heterocycles. The van der Waals surface area contributed by atoms with Crippen LogP contribution in [0.1, 0.15) is 37.3 Å². The van der Waals surface area contributed by atoms with Gasteiger partial charge in [0.15, 0.2) is 0 Å². The minimum atomic E-state index is -0.302. The first-order chi connectivity index (χ1) is 11.4. The number of benzene rings is 1. The lowest BCUT2D eigenvalue weighted by molar-refractivity contribution is -0.385. The second-order valence-electron chi connectivity index (χ2n) is 7.25. The molecule has 0 unspecified atom stereocenters. The fourth-order valence-electron chi connectivity index (χ4n) is 4.73. The number of hydrogen-bond acceptors (Lipinski definition) is 4. The van der Waals surface area contributed by atoms with E-state index in [4.69, 9.17) is 0 Å². The molecule has 2 aliphatic heterocycles. The van der Waals surface area contributed by atoms with Crippen LogP contribution in [-0.4, -0.2) is 41.9 Å². The molecule has 0 bridgehead atoms. The molecule has 126 valence electrons. The number of nitrogens with zero attached hydrogens (tertiary/aromatic N) is 3. The average molecular weight is 327 g/mol. The van der Waals surface area contributed by atoms with E-state index in [1.165, 1.54) is 5.57 Å². The van der Waals surface area contributed by atoms with Crippen LogP contribution in [0, 0.1) is 16.0 Å². The number of carbonyl (C=O) groups excluding carboxylic acids is 1. The highest BCUT2D eigenvalue weighted by molar-refractivity contribution is 5.96. The quantitative estimate of drug-likeness (QED) is 0.587. The lowest BCUT2D eigenvalue weighted by atomic mass is 9.91. The fraction of sp³-hybridized carbons (Fsp3) is 0.500. The summed E-state index contributed by atoms with van der Waals surface area (Å²) in [6.07, 6.45) is 2.96. The van der Waals surface area contributed by atoms with Crippen molar-refractivity contribution in [2.75, 3.05) is 25.0 Å². The van der Waals surface area contributed by atoms with E-state index in [-0.39, 0.29) is 22.4 Å². The van der Waals surface area contributed by atoms with Crippen molar-refractivity contribution in [2.24, 2.45) is 5.92 Å². The molecule has 4 rings (SSSR count). The van der Waals surface area contributed by atoms with Gasteiger partial charge in [-0.05, 0) is 42.7 Å². The minimum absolute atomic E-state index is 0.00326. The van der Waals surface area contributed by atoms with E-state index in [0.717, 1.165) is 24.2 Å². The summed E-state index contributed by atoms with van der Waals surface area (Å²) >= 11 is 0. The summed E-state index contributed by atoms with van der Waals surface area (Å²) in [7, 11) is 2.12. The topological polar surface area (TPSA) is 66.7 Å². The molecule has 6 nitrogen and oxygen atoms in total. The van der Waals surface area contributed by atoms with Crippen molar-refractivity contribution in [1.29, 1.82) is 0 Å². The van der Waals surface area contributed by atoms with E-state index in [0.29, 0.717) is 24.1 Å². The Bertz CT molecular complexity index is 786. The monoisotopic (exact) mass is 327 g/mol. The molecule has 0 aromatic heterocycles. The highest BCUT2D eigenvalue weighted by atomic mass is 16.6. The van der Waals surface area contributed by atoms with Gasteiger partial charge < -0.3 is 4.90 Å². The third-order valence-electron chi connectivity index (χ3n) is 5.79. The van der Waals surface area contributed by atoms with Crippen LogP contribution >= 0.6 is 0 Å². The maximum absolute atomic E-state index is 12.0. The molecule has 1 aromatic carbocycles. The number of carbonyl (C=O) groups is 1. The van der Waals surface area contributed by atoms with Gasteiger partial charge in [-0.15, -0.1) is 0 Å². The number of likely N-dealkylation sites (tertiary alicyclic amines) is 1. The van der Waals surface area contributed by atoms with Crippen LogP contribution in [0.2, 0.25) is 0 Å². The second-order valence-corrected chi connectivity index (χ2v) is 7.25. The molecule has 6 heteroatoms. The zero-order valence-electron chi connectivity index (χ0n) is 14.2. The zero-order valence-corrected chi connectivity index (χ0v) is 14.2. The Kier molecular flexibility index (Phi) is 3.28. The predicted octanol–water partition coefficient (Wildman–Crippen LogP) is 2.78. The van der Waals surface area contributed by atoms with Crippen molar-refractivity contribution in [3.63, 3.8) is 0 Å². The Balaban J connectivity index is 1.97. The smallest absolute Gasteiger partial charge is 0.277 e. The van der Waals surface area contributed by atoms with E-state index in [1.54, 1.807) is 24.0 Å². The predicted molar refractivity (Wildman–Crippen MR) is 92.0 cm³/mol. The third kappa shape index (κ3) is 2.02. The summed E-state index contributed by atoms with van der Waals surface area (Å²) in [5.74, 6) is 0.556. The number of nitro groups is 1. The van der Waals surface area contributed by atoms with Crippen LogP contribution in [0.3, 0.4) is 0 Å². The molecule has 1 aliphatic carbocycles. The molecule has 2 heterocycles. The van der Waals surface area contributed by atoms with E-state index < -0.39 is 0 Å². The van der Waals surface area contributed by atoms with Gasteiger partial charge in [-0.2, -0.15) is 0 Å². The Hall–Kier alpha value is -2.21. The Morgan fingerprint density at radius 2 is 2.08 bits per heavy atom. The first-order valence-corrected chi connectivity index (χ1v) is 8.39. The van der Waals surface area contributed by atoms with Crippen LogP contribution in [0.25, 0.3) is 6.08 Å². The van der Waals surface area contributed by atoms with Gasteiger partial charge in [0.05, 0.1) is 10.5 Å². The summed E-state index contributed by atoms with van der Waals surface area (Å²) in [5.41, 5.74) is 3.99. The molecule has 1 fully saturated rings. The van der Waals surface area contributed by atoms with Gasteiger partial charge >= 0.3 is 0 Å². The number of fused-ring (bicyclic) bond motifs is 1. The molecule has 0 N–H and O–H groups in total. The fourth-order valence-corrected chi connectivity index (χ4v) is 4.73. The number of likely N-dealkylation sites (N-methyl/N-ethyl adjacent to an activating group) is 1. The van der Waals surface area contributed by atoms with Gasteiger partial charge in [0.25, 0.3) is 5.69 Å². The zero-order chi connectivity index (χ0) is 17.2. The normalized spacial score (nSPS) is 28.2. The summed E-state index contributed by atoms with van der Waals surface area (Å²) in [4.78, 5) is 27.4. The van der Waals surface area contributed by atoms with Crippen LogP contribution < -0.4 is 4.90 Å². The van der Waals surface area contributed by atoms with Crippen molar-refractivity contribution in [2.45, 2.75) is 32.2 Å². The van der Waals surface area contributed by atoms with Gasteiger partial charge in [-0.1, -0.05) is 6.92 Å². The molecule has 0 radical (unpaired) electrons. The van der Waals surface area contributed by atoms with Gasteiger partial charge in [0, 0.05) is 43.7 Å². The van der Waals surface area contributed by atoms with E-state index in [2.05, 4.69) is 18.9 Å². The molecule has 24 heavy (non-hydrogen) atoms. The molecule has 1 amide bonds. The average Bonchev–Trinajstić information content (AvgIpc) is 2.93. The molecule has 0 spiro atoms. The molecular weight excluding hydrogens is 306 g/mol. The largest absolute Gasteiger partial charge is 0.312 e. The molecule has 1 aromatic rings. The van der Waals surface area contributed by atoms with Crippen molar-refractivity contribution in [3.05, 3.63) is 38.9 Å². The molecule has 3 atom stereocenters. The van der Waals surface area contributed by atoms with Crippen LogP contribution in [0.15, 0.2) is 17.7 Å². The standard InChI is InChI=1S/C18H21N3O3/c1-10-8-19(3)17-6-12-9-20(11(2)22)16-5-4-15(21(23)24)14(18(12)16)7-13(10)17/h4-5,7,10,12,17H,6,8-9H2,1-3H3/t10-,12+,17+/m0/s1. The number of amides is 1. The maximum atomic E-state index is 12.0. The SMILES string of the molecule is CC(=O)N1C[C@H]2C[C@@H]3C(=Cc4c([N+](=O)[O-])ccc1c42)[C@@H](C)CN3C. The second kappa shape index (κ2) is 5.14. The highest BCUT2D eigenvalue weighted by Crippen LogP contribution is 2.49. The number of rotatable bonds is 1. The summed E-state index contributed by atoms with van der Waals surface area (Å²) < 4.78 is 0. The summed E-state index contributed by atoms with van der Waals surface area (Å²) in [5, 5.41) is 11.6. The minimum Gasteiger partial charge on any atom is -0.312 e. The highest BCUT2D eigenvalue weighted by Gasteiger charge is 2.43. The van der Waals surface area contributed by atoms with Gasteiger partial charge in [0.1, 0.15) is 0 Å². The molecule has 3 aliphatic rings. The van der Waals surface area contributed by atoms with E-state index in [1.807, 2.05) is 6.08 Å². The van der Waals surface area contributed by atoms with Crippen LogP contribution in [-0.2, 0) is 4.79 Å². The van der Waals surface area contributed by atoms with Crippen molar-refractivity contribution >= 4 is 23.4 Å². The number of nitro benzene ring substituents is 1. The maximum Gasteiger partial charge on any atom is 0.277 e. The van der Waals surface area contributed by atoms with Gasteiger partial charge in [-0.3, -0.25) is 19.8 Å². The number of hydrogen-bond donors (Lipinski definition) is 0. The third-order valence-corrected chi connectivity index (χ3v) is 5.79. The summed E-state index contributed by atoms with van der Waals surface area (Å²) in [6.45, 7) is 5.34. The molecular formula is C18H21N3O3. The van der Waals surface area contributed by atoms with Gasteiger partial charge in [-0.25, -0.2) is 0 Å². The van der Waals surface area contributed by atoms with Crippen molar-refractivity contribution < 1.29 is 9.72 Å². The van der Waals surface area contributed by atoms with E-state index in [9.17, 15) is 14.9 Å². The van der Waals surface area contributed by atoms with E-state index >= 15 is 0 Å². The first-order valence-electron chi connectivity index (χ1n) is 8.39. The Morgan fingerprint density at radius 1 is 1.33 bits per heavy atom. The number of anilines is 1. The lowest BCUT2D eigenvalue weighted by Gasteiger charge is -2.23. The van der Waals surface area contributed by atoms with Crippen LogP contribution in [0.5, 0.6) is 0 Å².